The Morgan fingerprint density at radius 2 is 2.18 bits per heavy atom. The van der Waals surface area contributed by atoms with E-state index in [0.29, 0.717) is 6.04 Å². The molecule has 1 heterocycles. The molecule has 1 aliphatic heterocycles. The number of halogens is 1. The van der Waals surface area contributed by atoms with Gasteiger partial charge in [0, 0.05) is 22.7 Å². The minimum Gasteiger partial charge on any atom is -0.370 e. The van der Waals surface area contributed by atoms with Gasteiger partial charge >= 0.3 is 0 Å². The highest BCUT2D eigenvalue weighted by Crippen LogP contribution is 2.27. The molecule has 3 heteroatoms. The fourth-order valence-electron chi connectivity index (χ4n) is 2.64. The second-order valence-corrected chi connectivity index (χ2v) is 5.99. The summed E-state index contributed by atoms with van der Waals surface area (Å²) in [5, 5.41) is 3.59. The van der Waals surface area contributed by atoms with E-state index in [1.807, 2.05) is 0 Å². The molecule has 0 amide bonds. The van der Waals surface area contributed by atoms with Crippen molar-refractivity contribution in [1.29, 1.82) is 0 Å². The lowest BCUT2D eigenvalue weighted by Gasteiger charge is -2.39. The first-order chi connectivity index (χ1) is 8.22. The van der Waals surface area contributed by atoms with Gasteiger partial charge in [0.25, 0.3) is 0 Å². The molecule has 2 rings (SSSR count). The molecular formula is C14H21IN2. The summed E-state index contributed by atoms with van der Waals surface area (Å²) in [5.74, 6) is 0.722. The van der Waals surface area contributed by atoms with Gasteiger partial charge in [0.1, 0.15) is 0 Å². The van der Waals surface area contributed by atoms with Crippen molar-refractivity contribution in [3.05, 3.63) is 27.8 Å². The highest BCUT2D eigenvalue weighted by molar-refractivity contribution is 14.1. The number of nitrogens with one attached hydrogen (secondary N) is 1. The summed E-state index contributed by atoms with van der Waals surface area (Å²) in [6.07, 6.45) is 1.25. The van der Waals surface area contributed by atoms with Gasteiger partial charge in [-0.3, -0.25) is 0 Å². The lowest BCUT2D eigenvalue weighted by atomic mass is 9.93. The fourth-order valence-corrected chi connectivity index (χ4v) is 3.37. The third-order valence-electron chi connectivity index (χ3n) is 3.56. The maximum absolute atomic E-state index is 3.59. The van der Waals surface area contributed by atoms with Crippen molar-refractivity contribution in [2.24, 2.45) is 5.92 Å². The second kappa shape index (κ2) is 6.05. The summed E-state index contributed by atoms with van der Waals surface area (Å²) >= 11 is 2.43. The Labute approximate surface area is 118 Å². The minimum atomic E-state index is 0.692. The smallest absolute Gasteiger partial charge is 0.0501 e. The third-order valence-corrected chi connectivity index (χ3v) is 4.48. The fraction of sp³-hybridized carbons (Fsp3) is 0.571. The molecule has 2 atom stereocenters. The van der Waals surface area contributed by atoms with Gasteiger partial charge in [0.2, 0.25) is 0 Å². The molecule has 0 aliphatic carbocycles. The summed E-state index contributed by atoms with van der Waals surface area (Å²) in [6, 6.07) is 9.37. The number of nitrogens with zero attached hydrogens (tertiary/aromatic N) is 1. The van der Waals surface area contributed by atoms with Crippen LogP contribution in [0.15, 0.2) is 24.3 Å². The standard InChI is InChI=1S/C14H21IN2/c1-3-16-13-8-9-17(10-11(13)2)14-7-5-4-6-12(14)15/h4-7,11,13,16H,3,8-10H2,1-2H3. The van der Waals surface area contributed by atoms with E-state index in [0.717, 1.165) is 19.0 Å². The van der Waals surface area contributed by atoms with E-state index in [4.69, 9.17) is 0 Å². The molecule has 0 aromatic heterocycles. The Morgan fingerprint density at radius 3 is 2.82 bits per heavy atom. The second-order valence-electron chi connectivity index (χ2n) is 4.83. The van der Waals surface area contributed by atoms with Crippen LogP contribution in [0.25, 0.3) is 0 Å². The molecule has 0 bridgehead atoms. The predicted octanol–water partition coefficient (Wildman–Crippen LogP) is 3.12. The molecule has 94 valence electrons. The maximum Gasteiger partial charge on any atom is 0.0501 e. The average molecular weight is 344 g/mol. The molecule has 2 nitrogen and oxygen atoms in total. The van der Waals surface area contributed by atoms with E-state index >= 15 is 0 Å². The average Bonchev–Trinajstić information content (AvgIpc) is 2.33. The van der Waals surface area contributed by atoms with E-state index in [9.17, 15) is 0 Å². The number of rotatable bonds is 3. The van der Waals surface area contributed by atoms with Crippen molar-refractivity contribution >= 4 is 28.3 Å². The molecule has 1 aromatic carbocycles. The monoisotopic (exact) mass is 344 g/mol. The Balaban J connectivity index is 2.04. The lowest BCUT2D eigenvalue weighted by molar-refractivity contribution is 0.326. The highest BCUT2D eigenvalue weighted by atomic mass is 127. The quantitative estimate of drug-likeness (QED) is 0.848. The predicted molar refractivity (Wildman–Crippen MR) is 82.6 cm³/mol. The first-order valence-electron chi connectivity index (χ1n) is 6.45. The van der Waals surface area contributed by atoms with Crippen LogP contribution in [-0.4, -0.2) is 25.7 Å². The van der Waals surface area contributed by atoms with Crippen molar-refractivity contribution in [2.75, 3.05) is 24.5 Å². The molecule has 1 saturated heterocycles. The van der Waals surface area contributed by atoms with Gasteiger partial charge in [0.05, 0.1) is 5.69 Å². The van der Waals surface area contributed by atoms with Crippen LogP contribution >= 0.6 is 22.6 Å². The Morgan fingerprint density at radius 1 is 1.41 bits per heavy atom. The van der Waals surface area contributed by atoms with Crippen LogP contribution in [0.5, 0.6) is 0 Å². The van der Waals surface area contributed by atoms with Gasteiger partial charge < -0.3 is 10.2 Å². The summed E-state index contributed by atoms with van der Waals surface area (Å²) in [7, 11) is 0. The van der Waals surface area contributed by atoms with Crippen LogP contribution in [0, 0.1) is 9.49 Å². The van der Waals surface area contributed by atoms with E-state index in [-0.39, 0.29) is 0 Å². The summed E-state index contributed by atoms with van der Waals surface area (Å²) in [5.41, 5.74) is 1.40. The normalized spacial score (nSPS) is 25.0. The third kappa shape index (κ3) is 3.13. The summed E-state index contributed by atoms with van der Waals surface area (Å²) < 4.78 is 1.36. The molecule has 17 heavy (non-hydrogen) atoms. The SMILES string of the molecule is CCNC1CCN(c2ccccc2I)CC1C. The molecule has 0 saturated carbocycles. The molecule has 0 spiro atoms. The minimum absolute atomic E-state index is 0.692. The largest absolute Gasteiger partial charge is 0.370 e. The number of para-hydroxylation sites is 1. The molecule has 2 unspecified atom stereocenters. The number of hydrogen-bond donors (Lipinski definition) is 1. The van der Waals surface area contributed by atoms with Gasteiger partial charge in [-0.25, -0.2) is 0 Å². The highest BCUT2D eigenvalue weighted by Gasteiger charge is 2.25. The van der Waals surface area contributed by atoms with E-state index in [1.165, 1.54) is 22.2 Å². The Bertz CT molecular complexity index is 367. The van der Waals surface area contributed by atoms with Gasteiger partial charge in [-0.2, -0.15) is 0 Å². The zero-order valence-corrected chi connectivity index (χ0v) is 12.8. The van der Waals surface area contributed by atoms with Gasteiger partial charge in [-0.15, -0.1) is 0 Å². The van der Waals surface area contributed by atoms with E-state index in [2.05, 4.69) is 70.9 Å². The lowest BCUT2D eigenvalue weighted by Crippen LogP contribution is -2.48. The zero-order valence-electron chi connectivity index (χ0n) is 10.6. The van der Waals surface area contributed by atoms with Crippen LogP contribution in [0.3, 0.4) is 0 Å². The Hall–Kier alpha value is -0.290. The van der Waals surface area contributed by atoms with Crippen molar-refractivity contribution < 1.29 is 0 Å². The van der Waals surface area contributed by atoms with Gasteiger partial charge in [-0.05, 0) is 53.6 Å². The molecule has 1 N–H and O–H groups in total. The molecule has 1 aromatic rings. The number of anilines is 1. The van der Waals surface area contributed by atoms with Crippen LogP contribution in [0.2, 0.25) is 0 Å². The topological polar surface area (TPSA) is 15.3 Å². The first kappa shape index (κ1) is 13.1. The number of hydrogen-bond acceptors (Lipinski definition) is 2. The van der Waals surface area contributed by atoms with Crippen LogP contribution in [0.4, 0.5) is 5.69 Å². The number of piperidine rings is 1. The van der Waals surface area contributed by atoms with Gasteiger partial charge in [0.15, 0.2) is 0 Å². The zero-order chi connectivity index (χ0) is 12.3. The van der Waals surface area contributed by atoms with Crippen LogP contribution in [-0.2, 0) is 0 Å². The van der Waals surface area contributed by atoms with Crippen LogP contribution in [0.1, 0.15) is 20.3 Å². The van der Waals surface area contributed by atoms with E-state index in [1.54, 1.807) is 0 Å². The first-order valence-corrected chi connectivity index (χ1v) is 7.53. The molecule has 1 fully saturated rings. The number of benzene rings is 1. The van der Waals surface area contributed by atoms with Gasteiger partial charge in [-0.1, -0.05) is 26.0 Å². The van der Waals surface area contributed by atoms with Crippen molar-refractivity contribution in [1.82, 2.24) is 5.32 Å². The van der Waals surface area contributed by atoms with E-state index < -0.39 is 0 Å². The summed E-state index contributed by atoms with van der Waals surface area (Å²) in [4.78, 5) is 2.53. The van der Waals surface area contributed by atoms with Crippen LogP contribution < -0.4 is 10.2 Å². The van der Waals surface area contributed by atoms with Crippen molar-refractivity contribution in [3.63, 3.8) is 0 Å². The van der Waals surface area contributed by atoms with Crippen molar-refractivity contribution in [2.45, 2.75) is 26.3 Å². The van der Waals surface area contributed by atoms with Crippen molar-refractivity contribution in [3.8, 4) is 0 Å². The molecular weight excluding hydrogens is 323 g/mol. The Kier molecular flexibility index (Phi) is 4.68. The molecule has 0 radical (unpaired) electrons. The summed E-state index contributed by atoms with van der Waals surface area (Å²) in [6.45, 7) is 7.96. The molecule has 1 aliphatic rings. The maximum atomic E-state index is 3.59.